The maximum Gasteiger partial charge on any atom is 1.00 e. The molecule has 0 rings (SSSR count). The van der Waals surface area contributed by atoms with Crippen molar-refractivity contribution in [1.29, 1.82) is 0 Å². The van der Waals surface area contributed by atoms with Crippen molar-refractivity contribution in [3.63, 3.8) is 0 Å². The van der Waals surface area contributed by atoms with E-state index in [1.54, 1.807) is 0 Å². The largest absolute Gasteiger partial charge is 1.00 e. The van der Waals surface area contributed by atoms with E-state index >= 15 is 0 Å². The molecule has 0 unspecified atom stereocenters. The van der Waals surface area contributed by atoms with Crippen LogP contribution in [0.2, 0.25) is 0 Å². The molecule has 0 saturated heterocycles. The van der Waals surface area contributed by atoms with Crippen molar-refractivity contribution >= 4 is 5.97 Å². The first-order valence-electron chi connectivity index (χ1n) is 1.09. The van der Waals surface area contributed by atoms with Gasteiger partial charge in [0.05, 0.1) is 0 Å². The first-order valence-corrected chi connectivity index (χ1v) is 1.09. The van der Waals surface area contributed by atoms with E-state index in [0.29, 0.717) is 0 Å². The van der Waals surface area contributed by atoms with Gasteiger partial charge in [0.25, 0.3) is 0 Å². The first-order chi connectivity index (χ1) is 2.27. The predicted molar refractivity (Wildman–Crippen MR) is 14.4 cm³/mol. The van der Waals surface area contributed by atoms with Gasteiger partial charge in [0.1, 0.15) is 0 Å². The van der Waals surface area contributed by atoms with Crippen molar-refractivity contribution < 1.29 is 108 Å². The number of carbonyl (C=O) groups excluding carboxylic acids is 1. The van der Waals surface area contributed by atoms with E-state index in [-0.39, 0.29) is 93.1 Å². The van der Waals surface area contributed by atoms with Crippen LogP contribution in [-0.4, -0.2) is 11.2 Å². The van der Waals surface area contributed by atoms with Crippen molar-refractivity contribution in [3.8, 4) is 0 Å². The Morgan fingerprint density at radius 3 is 1.44 bits per heavy atom. The molecule has 0 bridgehead atoms. The van der Waals surface area contributed by atoms with Crippen LogP contribution in [0.25, 0.3) is 0 Å². The van der Waals surface area contributed by atoms with E-state index in [2.05, 4.69) is 4.89 Å². The van der Waals surface area contributed by atoms with E-state index in [1.165, 1.54) is 0 Å². The minimum absolute atomic E-state index is 0. The normalized spacial score (nSPS) is 3.78. The minimum atomic E-state index is -0.690. The van der Waals surface area contributed by atoms with Crippen LogP contribution in [-0.2, 0) is 9.68 Å². The SMILES string of the molecule is CC(=O)OO.[Br-].[Br-].[Na+].[Na+]. The number of hydrogen-bond acceptors (Lipinski definition) is 3. The number of hydrogen-bond donors (Lipinski definition) is 1. The molecule has 0 spiro atoms. The van der Waals surface area contributed by atoms with Crippen LogP contribution in [0.1, 0.15) is 6.92 Å². The third kappa shape index (κ3) is 37.9. The van der Waals surface area contributed by atoms with Gasteiger partial charge in [-0.2, -0.15) is 5.26 Å². The molecule has 0 aliphatic carbocycles. The van der Waals surface area contributed by atoms with E-state index in [1.807, 2.05) is 0 Å². The summed E-state index contributed by atoms with van der Waals surface area (Å²) < 4.78 is 0. The molecule has 46 valence electrons. The summed E-state index contributed by atoms with van der Waals surface area (Å²) >= 11 is 0. The van der Waals surface area contributed by atoms with E-state index in [4.69, 9.17) is 5.26 Å². The maximum absolute atomic E-state index is 9.34. The Labute approximate surface area is 119 Å². The summed E-state index contributed by atoms with van der Waals surface area (Å²) in [4.78, 5) is 12.5. The van der Waals surface area contributed by atoms with E-state index in [9.17, 15) is 4.79 Å². The van der Waals surface area contributed by atoms with Gasteiger partial charge >= 0.3 is 65.1 Å². The quantitative estimate of drug-likeness (QED) is 0.273. The third-order valence-corrected chi connectivity index (χ3v) is 0.129. The van der Waals surface area contributed by atoms with Crippen LogP contribution in [0.15, 0.2) is 0 Å². The second-order valence-electron chi connectivity index (χ2n) is 0.583. The standard InChI is InChI=1S/C2H4O3.2BrH.2Na/c1-2(3)5-4;;;;/h4H,1H3;2*1H;;/q;;;2*+1/p-2. The fourth-order valence-electron chi connectivity index (χ4n) is 0. The molecule has 0 aromatic carbocycles. The summed E-state index contributed by atoms with van der Waals surface area (Å²) in [7, 11) is 0. The number of rotatable bonds is 0. The van der Waals surface area contributed by atoms with Gasteiger partial charge < -0.3 is 38.9 Å². The smallest absolute Gasteiger partial charge is 1.00 e. The maximum atomic E-state index is 9.34. The Bertz CT molecular complexity index is 53.1. The van der Waals surface area contributed by atoms with Crippen LogP contribution < -0.4 is 93.1 Å². The van der Waals surface area contributed by atoms with Crippen molar-refractivity contribution in [2.24, 2.45) is 0 Å². The summed E-state index contributed by atoms with van der Waals surface area (Å²) in [6.45, 7) is 1.11. The second-order valence-corrected chi connectivity index (χ2v) is 0.583. The minimum Gasteiger partial charge on any atom is -1.00 e. The van der Waals surface area contributed by atoms with Gasteiger partial charge in [-0.1, -0.05) is 0 Å². The van der Waals surface area contributed by atoms with Gasteiger partial charge in [-0.15, -0.1) is 0 Å². The predicted octanol–water partition coefficient (Wildman–Crippen LogP) is -12.0. The van der Waals surface area contributed by atoms with Gasteiger partial charge in [0.2, 0.25) is 0 Å². The summed E-state index contributed by atoms with van der Waals surface area (Å²) in [5, 5.41) is 7.29. The molecule has 3 nitrogen and oxygen atoms in total. The van der Waals surface area contributed by atoms with Crippen LogP contribution in [0, 0.1) is 0 Å². The molecular weight excluding hydrogens is 278 g/mol. The van der Waals surface area contributed by atoms with Gasteiger partial charge in [-0.3, -0.25) is 0 Å². The molecular formula is C2H4Br2Na2O3. The van der Waals surface area contributed by atoms with Crippen LogP contribution >= 0.6 is 0 Å². The molecule has 7 heteroatoms. The zero-order valence-corrected chi connectivity index (χ0v) is 12.7. The fourth-order valence-corrected chi connectivity index (χ4v) is 0. The summed E-state index contributed by atoms with van der Waals surface area (Å²) in [5.74, 6) is -0.690. The molecule has 0 saturated carbocycles. The Hall–Kier alpha value is 2.39. The monoisotopic (exact) mass is 280 g/mol. The van der Waals surface area contributed by atoms with Gasteiger partial charge in [-0.05, 0) is 0 Å². The molecule has 0 aliphatic rings. The Kier molecular flexibility index (Phi) is 75.1. The molecule has 0 aromatic heterocycles. The van der Waals surface area contributed by atoms with Gasteiger partial charge in [0, 0.05) is 6.92 Å². The topological polar surface area (TPSA) is 46.5 Å². The average Bonchev–Trinajstić information content (AvgIpc) is 1.38. The van der Waals surface area contributed by atoms with Crippen molar-refractivity contribution in [2.45, 2.75) is 6.92 Å². The number of carbonyl (C=O) groups is 1. The summed E-state index contributed by atoms with van der Waals surface area (Å²) in [6, 6.07) is 0. The van der Waals surface area contributed by atoms with Gasteiger partial charge in [-0.25, -0.2) is 4.79 Å². The Balaban J connectivity index is -0.0000000133. The molecule has 9 heavy (non-hydrogen) atoms. The van der Waals surface area contributed by atoms with Crippen LogP contribution in [0.3, 0.4) is 0 Å². The van der Waals surface area contributed by atoms with Crippen molar-refractivity contribution in [1.82, 2.24) is 0 Å². The molecule has 0 aromatic rings. The fraction of sp³-hybridized carbons (Fsp3) is 0.500. The first kappa shape index (κ1) is 30.1. The Morgan fingerprint density at radius 1 is 1.33 bits per heavy atom. The molecule has 0 amide bonds. The molecule has 0 fully saturated rings. The van der Waals surface area contributed by atoms with Crippen LogP contribution in [0.5, 0.6) is 0 Å². The average molecular weight is 282 g/mol. The molecule has 0 heterocycles. The molecule has 0 atom stereocenters. The third-order valence-electron chi connectivity index (χ3n) is 0.129. The van der Waals surface area contributed by atoms with E-state index < -0.39 is 5.97 Å². The molecule has 0 aliphatic heterocycles. The van der Waals surface area contributed by atoms with Crippen LogP contribution in [0.4, 0.5) is 0 Å². The number of halogens is 2. The van der Waals surface area contributed by atoms with E-state index in [0.717, 1.165) is 6.92 Å². The zero-order chi connectivity index (χ0) is 4.28. The molecule has 1 N–H and O–H groups in total. The Morgan fingerprint density at radius 2 is 1.44 bits per heavy atom. The van der Waals surface area contributed by atoms with Crippen molar-refractivity contribution in [2.75, 3.05) is 0 Å². The zero-order valence-electron chi connectivity index (χ0n) is 5.52. The molecule has 0 radical (unpaired) electrons. The van der Waals surface area contributed by atoms with Gasteiger partial charge in [0.15, 0.2) is 0 Å². The van der Waals surface area contributed by atoms with Crippen molar-refractivity contribution in [3.05, 3.63) is 0 Å². The summed E-state index contributed by atoms with van der Waals surface area (Å²) in [5.41, 5.74) is 0. The second kappa shape index (κ2) is 22.4. The summed E-state index contributed by atoms with van der Waals surface area (Å²) in [6.07, 6.45) is 0.